The van der Waals surface area contributed by atoms with Crippen LogP contribution in [0.1, 0.15) is 58.8 Å². The van der Waals surface area contributed by atoms with Crippen molar-refractivity contribution in [2.45, 2.75) is 31.6 Å². The van der Waals surface area contributed by atoms with Crippen molar-refractivity contribution in [2.24, 2.45) is 11.8 Å². The van der Waals surface area contributed by atoms with Gasteiger partial charge in [-0.05, 0) is 53.8 Å². The summed E-state index contributed by atoms with van der Waals surface area (Å²) >= 11 is 0. The maximum absolute atomic E-state index is 14.2. The molecule has 5 heteroatoms. The molecule has 34 heavy (non-hydrogen) atoms. The van der Waals surface area contributed by atoms with E-state index in [0.717, 1.165) is 22.3 Å². The van der Waals surface area contributed by atoms with Gasteiger partial charge in [0.05, 0.1) is 24.6 Å². The van der Waals surface area contributed by atoms with E-state index in [2.05, 4.69) is 31.2 Å². The molecule has 0 radical (unpaired) electrons. The van der Waals surface area contributed by atoms with Gasteiger partial charge in [-0.25, -0.2) is 4.90 Å². The lowest BCUT2D eigenvalue weighted by Crippen LogP contribution is -2.53. The Morgan fingerprint density at radius 3 is 2.12 bits per heavy atom. The molecule has 5 nitrogen and oxygen atoms in total. The number of rotatable bonds is 4. The summed E-state index contributed by atoms with van der Waals surface area (Å²) in [6.45, 7) is 3.58. The molecule has 3 aliphatic carbocycles. The monoisotopic (exact) mass is 451 g/mol. The van der Waals surface area contributed by atoms with E-state index in [1.54, 1.807) is 18.2 Å². The number of amides is 2. The Morgan fingerprint density at radius 1 is 0.941 bits per heavy atom. The molecule has 0 spiro atoms. The highest BCUT2D eigenvalue weighted by Gasteiger charge is 2.67. The Labute approximate surface area is 198 Å². The van der Waals surface area contributed by atoms with Crippen LogP contribution >= 0.6 is 0 Å². The molecule has 0 N–H and O–H groups in total. The minimum Gasteiger partial charge on any atom is -0.495 e. The zero-order valence-corrected chi connectivity index (χ0v) is 19.4. The zero-order chi connectivity index (χ0) is 23.8. The fraction of sp³-hybridized carbons (Fsp3) is 0.276. The lowest BCUT2D eigenvalue weighted by Gasteiger charge is -2.54. The molecular weight excluding hydrogens is 426 g/mol. The van der Waals surface area contributed by atoms with E-state index >= 15 is 0 Å². The third-order valence-electron chi connectivity index (χ3n) is 8.18. The van der Waals surface area contributed by atoms with Crippen LogP contribution in [0.3, 0.4) is 0 Å². The maximum Gasteiger partial charge on any atom is 0.239 e. The number of carbonyl (C=O) groups is 3. The van der Waals surface area contributed by atoms with E-state index in [-0.39, 0.29) is 23.5 Å². The first kappa shape index (κ1) is 20.8. The van der Waals surface area contributed by atoms with Gasteiger partial charge in [-0.15, -0.1) is 0 Å². The average molecular weight is 452 g/mol. The summed E-state index contributed by atoms with van der Waals surface area (Å²) in [4.78, 5) is 41.8. The molecule has 4 aliphatic rings. The van der Waals surface area contributed by atoms with E-state index in [9.17, 15) is 14.4 Å². The number of nitrogens with zero attached hydrogens (tertiary/aromatic N) is 1. The number of hydrogen-bond donors (Lipinski definition) is 0. The van der Waals surface area contributed by atoms with Gasteiger partial charge in [0.2, 0.25) is 11.8 Å². The van der Waals surface area contributed by atoms with Crippen LogP contribution in [0.5, 0.6) is 5.75 Å². The lowest BCUT2D eigenvalue weighted by atomic mass is 9.46. The SMILES string of the molecule is CCC12c3ccccc3C(c3ccccc31)[C@H]1C(=O)N(c3cc(C(C)=O)ccc3OC)C(=O)[C@H]12. The van der Waals surface area contributed by atoms with Crippen LogP contribution in [0.25, 0.3) is 0 Å². The van der Waals surface area contributed by atoms with Gasteiger partial charge in [0.1, 0.15) is 5.75 Å². The van der Waals surface area contributed by atoms with Crippen molar-refractivity contribution in [2.75, 3.05) is 12.0 Å². The van der Waals surface area contributed by atoms with Crippen LogP contribution in [-0.2, 0) is 15.0 Å². The molecule has 0 aromatic heterocycles. The molecule has 170 valence electrons. The molecule has 3 aromatic rings. The minimum absolute atomic E-state index is 0.134. The van der Waals surface area contributed by atoms with E-state index in [4.69, 9.17) is 4.74 Å². The van der Waals surface area contributed by atoms with Crippen LogP contribution in [0, 0.1) is 11.8 Å². The number of carbonyl (C=O) groups excluding carboxylic acids is 3. The molecule has 0 unspecified atom stereocenters. The van der Waals surface area contributed by atoms with E-state index in [1.807, 2.05) is 24.3 Å². The molecule has 7 rings (SSSR count). The van der Waals surface area contributed by atoms with Gasteiger partial charge in [-0.1, -0.05) is 55.5 Å². The highest BCUT2D eigenvalue weighted by molar-refractivity contribution is 6.24. The fourth-order valence-electron chi connectivity index (χ4n) is 6.85. The van der Waals surface area contributed by atoms with Crippen LogP contribution in [0.4, 0.5) is 5.69 Å². The van der Waals surface area contributed by atoms with Crippen molar-refractivity contribution < 1.29 is 19.1 Å². The van der Waals surface area contributed by atoms with Crippen molar-refractivity contribution in [1.82, 2.24) is 0 Å². The highest BCUT2D eigenvalue weighted by atomic mass is 16.5. The van der Waals surface area contributed by atoms with Crippen LogP contribution in [0.2, 0.25) is 0 Å². The Balaban J connectivity index is 1.62. The van der Waals surface area contributed by atoms with Gasteiger partial charge in [0.25, 0.3) is 0 Å². The molecular formula is C29H25NO4. The molecule has 2 bridgehead atoms. The number of methoxy groups -OCH3 is 1. The zero-order valence-electron chi connectivity index (χ0n) is 19.4. The second-order valence-electron chi connectivity index (χ2n) is 9.44. The van der Waals surface area contributed by atoms with Gasteiger partial charge in [0, 0.05) is 16.9 Å². The van der Waals surface area contributed by atoms with Crippen molar-refractivity contribution in [3.8, 4) is 5.75 Å². The predicted octanol–water partition coefficient (Wildman–Crippen LogP) is 4.86. The first-order valence-electron chi connectivity index (χ1n) is 11.7. The third kappa shape index (κ3) is 2.37. The van der Waals surface area contributed by atoms with Gasteiger partial charge in [-0.3, -0.25) is 14.4 Å². The topological polar surface area (TPSA) is 63.7 Å². The van der Waals surface area contributed by atoms with Gasteiger partial charge in [0.15, 0.2) is 5.78 Å². The maximum atomic E-state index is 14.2. The molecule has 1 aliphatic heterocycles. The third-order valence-corrected chi connectivity index (χ3v) is 8.18. The van der Waals surface area contributed by atoms with Crippen molar-refractivity contribution in [3.05, 3.63) is 94.5 Å². The largest absolute Gasteiger partial charge is 0.495 e. The van der Waals surface area contributed by atoms with Crippen LogP contribution in [-0.4, -0.2) is 24.7 Å². The highest BCUT2D eigenvalue weighted by Crippen LogP contribution is 2.65. The quantitative estimate of drug-likeness (QED) is 0.420. The number of Topliss-reactive ketones (excluding diaryl/α,β-unsaturated/α-hetero) is 1. The minimum atomic E-state index is -0.584. The molecule has 1 saturated heterocycles. The van der Waals surface area contributed by atoms with Gasteiger partial charge < -0.3 is 4.74 Å². The summed E-state index contributed by atoms with van der Waals surface area (Å²) < 4.78 is 5.53. The Kier molecular flexibility index (Phi) is 4.37. The van der Waals surface area contributed by atoms with Crippen molar-refractivity contribution in [1.29, 1.82) is 0 Å². The standard InChI is InChI=1S/C29H25NO4/c1-4-29-20-11-7-5-9-18(20)24(19-10-6-8-12-21(19)29)25-26(29)28(33)30(27(25)32)22-15-17(16(2)31)13-14-23(22)34-3/h5-15,24-26H,4H2,1-3H3/t24?,25-,26+,29?/m1/s1. The summed E-state index contributed by atoms with van der Waals surface area (Å²) in [5, 5.41) is 0. The number of ether oxygens (including phenoxy) is 1. The second kappa shape index (κ2) is 7.13. The predicted molar refractivity (Wildman–Crippen MR) is 128 cm³/mol. The number of benzene rings is 3. The molecule has 1 heterocycles. The normalized spacial score (nSPS) is 26.2. The first-order chi connectivity index (χ1) is 16.5. The van der Waals surface area contributed by atoms with Gasteiger partial charge >= 0.3 is 0 Å². The molecule has 3 aromatic carbocycles. The summed E-state index contributed by atoms with van der Waals surface area (Å²) in [5.41, 5.74) is 4.77. The Hall–Kier alpha value is -3.73. The average Bonchev–Trinajstić information content (AvgIpc) is 3.14. The first-order valence-corrected chi connectivity index (χ1v) is 11.7. The molecule has 2 atom stereocenters. The second-order valence-corrected chi connectivity index (χ2v) is 9.44. The lowest BCUT2D eigenvalue weighted by molar-refractivity contribution is -0.123. The number of ketones is 1. The fourth-order valence-corrected chi connectivity index (χ4v) is 6.85. The number of imide groups is 1. The van der Waals surface area contributed by atoms with Crippen molar-refractivity contribution in [3.63, 3.8) is 0 Å². The van der Waals surface area contributed by atoms with Crippen LogP contribution < -0.4 is 9.64 Å². The van der Waals surface area contributed by atoms with E-state index in [0.29, 0.717) is 23.4 Å². The Bertz CT molecular complexity index is 1340. The van der Waals surface area contributed by atoms with Crippen LogP contribution in [0.15, 0.2) is 66.7 Å². The Morgan fingerprint density at radius 2 is 1.56 bits per heavy atom. The van der Waals surface area contributed by atoms with Gasteiger partial charge in [-0.2, -0.15) is 0 Å². The number of anilines is 1. The summed E-state index contributed by atoms with van der Waals surface area (Å²) in [6, 6.07) is 21.4. The molecule has 2 amide bonds. The molecule has 1 fully saturated rings. The van der Waals surface area contributed by atoms with Crippen molar-refractivity contribution >= 4 is 23.3 Å². The number of hydrogen-bond acceptors (Lipinski definition) is 4. The van der Waals surface area contributed by atoms with E-state index in [1.165, 1.54) is 18.9 Å². The summed E-state index contributed by atoms with van der Waals surface area (Å²) in [7, 11) is 1.51. The summed E-state index contributed by atoms with van der Waals surface area (Å²) in [6.07, 6.45) is 0.701. The van der Waals surface area contributed by atoms with E-state index < -0.39 is 17.3 Å². The summed E-state index contributed by atoms with van der Waals surface area (Å²) in [5.74, 6) is -1.36. The smallest absolute Gasteiger partial charge is 0.239 e. The molecule has 0 saturated carbocycles.